The van der Waals surface area contributed by atoms with E-state index in [0.717, 1.165) is 48.4 Å². The molecule has 4 rings (SSSR count). The van der Waals surface area contributed by atoms with Crippen LogP contribution in [0.3, 0.4) is 0 Å². The first-order valence-corrected chi connectivity index (χ1v) is 10.4. The molecule has 1 N–H and O–H groups in total. The van der Waals surface area contributed by atoms with Gasteiger partial charge >= 0.3 is 0 Å². The number of hydrogen-bond acceptors (Lipinski definition) is 6. The Morgan fingerprint density at radius 3 is 2.68 bits per heavy atom. The van der Waals surface area contributed by atoms with Gasteiger partial charge in [-0.3, -0.25) is 9.36 Å². The molecule has 8 heteroatoms. The SMILES string of the molecule is O=C(CSc1nnc(N2CCCC2)n1Cc1ccco1)NCc1ccccc1. The Bertz CT molecular complexity index is 889. The molecular weight excluding hydrogens is 374 g/mol. The van der Waals surface area contributed by atoms with Crippen LogP contribution in [0.25, 0.3) is 0 Å². The van der Waals surface area contributed by atoms with Gasteiger partial charge in [0.05, 0.1) is 18.6 Å². The molecular formula is C20H23N5O2S. The number of rotatable bonds is 8. The predicted molar refractivity (Wildman–Crippen MR) is 108 cm³/mol. The largest absolute Gasteiger partial charge is 0.467 e. The number of nitrogens with one attached hydrogen (secondary N) is 1. The second-order valence-corrected chi connectivity index (χ2v) is 7.64. The monoisotopic (exact) mass is 397 g/mol. The predicted octanol–water partition coefficient (Wildman–Crippen LogP) is 2.93. The Labute approximate surface area is 168 Å². The number of thioether (sulfide) groups is 1. The number of carbonyl (C=O) groups excluding carboxylic acids is 1. The van der Waals surface area contributed by atoms with Gasteiger partial charge in [0.15, 0.2) is 5.16 Å². The zero-order valence-electron chi connectivity index (χ0n) is 15.6. The maximum atomic E-state index is 12.3. The summed E-state index contributed by atoms with van der Waals surface area (Å²) in [4.78, 5) is 14.5. The third kappa shape index (κ3) is 4.56. The summed E-state index contributed by atoms with van der Waals surface area (Å²) < 4.78 is 7.55. The van der Waals surface area contributed by atoms with Crippen LogP contribution in [0.2, 0.25) is 0 Å². The molecule has 0 unspecified atom stereocenters. The molecule has 0 spiro atoms. The molecule has 0 bridgehead atoms. The van der Waals surface area contributed by atoms with Crippen LogP contribution in [-0.4, -0.2) is 39.5 Å². The molecule has 1 aliphatic rings. The number of benzene rings is 1. The van der Waals surface area contributed by atoms with E-state index in [9.17, 15) is 4.79 Å². The van der Waals surface area contributed by atoms with Crippen molar-refractivity contribution in [3.05, 3.63) is 60.1 Å². The van der Waals surface area contributed by atoms with Crippen LogP contribution in [0.15, 0.2) is 58.3 Å². The van der Waals surface area contributed by atoms with Crippen LogP contribution in [-0.2, 0) is 17.9 Å². The van der Waals surface area contributed by atoms with E-state index in [1.54, 1.807) is 6.26 Å². The Hall–Kier alpha value is -2.74. The molecule has 146 valence electrons. The average molecular weight is 398 g/mol. The molecule has 1 saturated heterocycles. The first-order chi connectivity index (χ1) is 13.8. The first kappa shape index (κ1) is 18.6. The Kier molecular flexibility index (Phi) is 5.96. The molecule has 3 heterocycles. The lowest BCUT2D eigenvalue weighted by atomic mass is 10.2. The lowest BCUT2D eigenvalue weighted by Crippen LogP contribution is -2.25. The minimum Gasteiger partial charge on any atom is -0.467 e. The van der Waals surface area contributed by atoms with E-state index >= 15 is 0 Å². The second-order valence-electron chi connectivity index (χ2n) is 6.69. The van der Waals surface area contributed by atoms with Gasteiger partial charge in [0.1, 0.15) is 5.76 Å². The van der Waals surface area contributed by atoms with E-state index < -0.39 is 0 Å². The zero-order valence-corrected chi connectivity index (χ0v) is 16.4. The number of anilines is 1. The quantitative estimate of drug-likeness (QED) is 0.589. The highest BCUT2D eigenvalue weighted by atomic mass is 32.2. The molecule has 1 amide bonds. The second kappa shape index (κ2) is 8.97. The maximum Gasteiger partial charge on any atom is 0.230 e. The highest BCUT2D eigenvalue weighted by molar-refractivity contribution is 7.99. The lowest BCUT2D eigenvalue weighted by molar-refractivity contribution is -0.118. The summed E-state index contributed by atoms with van der Waals surface area (Å²) in [6.45, 7) is 3.05. The Morgan fingerprint density at radius 1 is 1.11 bits per heavy atom. The summed E-state index contributed by atoms with van der Waals surface area (Å²) in [6.07, 6.45) is 4.00. The van der Waals surface area contributed by atoms with Crippen molar-refractivity contribution < 1.29 is 9.21 Å². The zero-order chi connectivity index (χ0) is 19.2. The highest BCUT2D eigenvalue weighted by Gasteiger charge is 2.22. The molecule has 3 aromatic rings. The number of furan rings is 1. The van der Waals surface area contributed by atoms with Crippen LogP contribution in [0.1, 0.15) is 24.2 Å². The van der Waals surface area contributed by atoms with Gasteiger partial charge in [-0.25, -0.2) is 0 Å². The number of carbonyl (C=O) groups is 1. The van der Waals surface area contributed by atoms with Crippen molar-refractivity contribution in [1.29, 1.82) is 0 Å². The highest BCUT2D eigenvalue weighted by Crippen LogP contribution is 2.25. The third-order valence-electron chi connectivity index (χ3n) is 4.65. The van der Waals surface area contributed by atoms with Crippen LogP contribution in [0.5, 0.6) is 0 Å². The summed E-state index contributed by atoms with van der Waals surface area (Å²) in [5.41, 5.74) is 1.08. The summed E-state index contributed by atoms with van der Waals surface area (Å²) in [7, 11) is 0. The van der Waals surface area contributed by atoms with E-state index in [2.05, 4.69) is 20.4 Å². The molecule has 0 radical (unpaired) electrons. The molecule has 2 aromatic heterocycles. The fourth-order valence-corrected chi connectivity index (χ4v) is 3.98. The topological polar surface area (TPSA) is 76.2 Å². The van der Waals surface area contributed by atoms with Crippen molar-refractivity contribution in [3.63, 3.8) is 0 Å². The average Bonchev–Trinajstić information content (AvgIpc) is 3.48. The van der Waals surface area contributed by atoms with Gasteiger partial charge in [-0.2, -0.15) is 0 Å². The smallest absolute Gasteiger partial charge is 0.230 e. The molecule has 1 fully saturated rings. The van der Waals surface area contributed by atoms with Gasteiger partial charge in [0.25, 0.3) is 0 Å². The van der Waals surface area contributed by atoms with E-state index in [0.29, 0.717) is 18.8 Å². The Morgan fingerprint density at radius 2 is 1.93 bits per heavy atom. The van der Waals surface area contributed by atoms with Gasteiger partial charge in [-0.15, -0.1) is 10.2 Å². The summed E-state index contributed by atoms with van der Waals surface area (Å²) in [6, 6.07) is 13.7. The van der Waals surface area contributed by atoms with Gasteiger partial charge in [0, 0.05) is 19.6 Å². The first-order valence-electron chi connectivity index (χ1n) is 9.43. The van der Waals surface area contributed by atoms with Crippen molar-refractivity contribution in [2.24, 2.45) is 0 Å². The molecule has 7 nitrogen and oxygen atoms in total. The van der Waals surface area contributed by atoms with E-state index in [4.69, 9.17) is 4.42 Å². The normalized spacial score (nSPS) is 13.8. The molecule has 0 atom stereocenters. The number of hydrogen-bond donors (Lipinski definition) is 1. The third-order valence-corrected chi connectivity index (χ3v) is 5.61. The van der Waals surface area contributed by atoms with Crippen molar-refractivity contribution in [2.75, 3.05) is 23.7 Å². The minimum absolute atomic E-state index is 0.0240. The van der Waals surface area contributed by atoms with Gasteiger partial charge in [-0.1, -0.05) is 42.1 Å². The summed E-state index contributed by atoms with van der Waals surface area (Å²) >= 11 is 1.40. The van der Waals surface area contributed by atoms with E-state index in [1.165, 1.54) is 11.8 Å². The van der Waals surface area contributed by atoms with Gasteiger partial charge < -0.3 is 14.6 Å². The molecule has 0 aliphatic carbocycles. The minimum atomic E-state index is -0.0240. The fourth-order valence-electron chi connectivity index (χ4n) is 3.21. The lowest BCUT2D eigenvalue weighted by Gasteiger charge is -2.17. The van der Waals surface area contributed by atoms with Crippen molar-refractivity contribution in [1.82, 2.24) is 20.1 Å². The van der Waals surface area contributed by atoms with Crippen LogP contribution in [0, 0.1) is 0 Å². The van der Waals surface area contributed by atoms with Crippen LogP contribution < -0.4 is 10.2 Å². The van der Waals surface area contributed by atoms with Crippen molar-refractivity contribution in [3.8, 4) is 0 Å². The maximum absolute atomic E-state index is 12.3. The summed E-state index contributed by atoms with van der Waals surface area (Å²) in [5, 5.41) is 12.4. The number of aromatic nitrogens is 3. The fraction of sp³-hybridized carbons (Fsp3) is 0.350. The van der Waals surface area contributed by atoms with E-state index in [-0.39, 0.29) is 5.91 Å². The molecule has 0 saturated carbocycles. The summed E-state index contributed by atoms with van der Waals surface area (Å²) in [5.74, 6) is 1.96. The van der Waals surface area contributed by atoms with Gasteiger partial charge in [-0.05, 0) is 30.5 Å². The Balaban J connectivity index is 1.41. The molecule has 1 aliphatic heterocycles. The van der Waals surface area contributed by atoms with Crippen LogP contribution >= 0.6 is 11.8 Å². The van der Waals surface area contributed by atoms with Crippen molar-refractivity contribution in [2.45, 2.75) is 31.1 Å². The number of amides is 1. The molecule has 1 aromatic carbocycles. The van der Waals surface area contributed by atoms with Gasteiger partial charge in [0.2, 0.25) is 11.9 Å². The number of nitrogens with zero attached hydrogens (tertiary/aromatic N) is 4. The van der Waals surface area contributed by atoms with E-state index in [1.807, 2.05) is 47.0 Å². The van der Waals surface area contributed by atoms with Crippen LogP contribution in [0.4, 0.5) is 5.95 Å². The standard InChI is InChI=1S/C20H23N5O2S/c26-18(21-13-16-7-2-1-3-8-16)15-28-20-23-22-19(24-10-4-5-11-24)25(20)14-17-9-6-12-27-17/h1-3,6-9,12H,4-5,10-11,13-15H2,(H,21,26). The van der Waals surface area contributed by atoms with Crippen molar-refractivity contribution >= 4 is 23.6 Å². The molecule has 28 heavy (non-hydrogen) atoms.